The van der Waals surface area contributed by atoms with Gasteiger partial charge in [0.05, 0.1) is 5.52 Å². The SMILES string of the molecule is Cc1cc(Nc2ncnc3ccccc23)ccc1Oc1cc2nccn2cn1. The van der Waals surface area contributed by atoms with Gasteiger partial charge in [-0.2, -0.15) is 0 Å². The van der Waals surface area contributed by atoms with E-state index in [1.54, 1.807) is 24.9 Å². The highest BCUT2D eigenvalue weighted by Gasteiger charge is 2.08. The number of hydrogen-bond acceptors (Lipinski definition) is 6. The van der Waals surface area contributed by atoms with Gasteiger partial charge in [-0.15, -0.1) is 0 Å². The van der Waals surface area contributed by atoms with E-state index in [0.717, 1.165) is 39.4 Å². The van der Waals surface area contributed by atoms with Crippen molar-refractivity contribution < 1.29 is 4.74 Å². The number of para-hydroxylation sites is 1. The molecule has 0 radical (unpaired) electrons. The van der Waals surface area contributed by atoms with Crippen LogP contribution in [0.3, 0.4) is 0 Å². The van der Waals surface area contributed by atoms with Gasteiger partial charge in [-0.05, 0) is 42.8 Å². The average Bonchev–Trinajstić information content (AvgIpc) is 3.18. The quantitative estimate of drug-likeness (QED) is 0.503. The standard InChI is InChI=1S/C21H16N6O/c1-14-10-15(26-21-16-4-2-3-5-17(16)23-12-24-21)6-7-18(14)28-20-11-19-22-8-9-27(19)13-25-20/h2-13H,1H3,(H,23,24,26). The van der Waals surface area contributed by atoms with E-state index in [0.29, 0.717) is 5.88 Å². The lowest BCUT2D eigenvalue weighted by Gasteiger charge is -2.12. The highest BCUT2D eigenvalue weighted by Crippen LogP contribution is 2.29. The Labute approximate surface area is 160 Å². The van der Waals surface area contributed by atoms with Crippen molar-refractivity contribution >= 4 is 28.1 Å². The molecule has 5 aromatic rings. The van der Waals surface area contributed by atoms with E-state index < -0.39 is 0 Å². The van der Waals surface area contributed by atoms with Gasteiger partial charge in [-0.3, -0.25) is 4.40 Å². The predicted octanol–water partition coefficient (Wildman–Crippen LogP) is 4.52. The molecule has 3 heterocycles. The molecule has 7 heteroatoms. The number of benzene rings is 2. The topological polar surface area (TPSA) is 77.2 Å². The number of hydrogen-bond donors (Lipinski definition) is 1. The van der Waals surface area contributed by atoms with Crippen LogP contribution in [0, 0.1) is 6.92 Å². The summed E-state index contributed by atoms with van der Waals surface area (Å²) in [6, 6.07) is 15.6. The smallest absolute Gasteiger partial charge is 0.224 e. The molecule has 7 nitrogen and oxygen atoms in total. The Balaban J connectivity index is 1.41. The molecule has 0 saturated carbocycles. The van der Waals surface area contributed by atoms with Crippen LogP contribution >= 0.6 is 0 Å². The highest BCUT2D eigenvalue weighted by atomic mass is 16.5. The molecular weight excluding hydrogens is 352 g/mol. The van der Waals surface area contributed by atoms with Crippen molar-refractivity contribution in [3.8, 4) is 11.6 Å². The molecular formula is C21H16N6O. The van der Waals surface area contributed by atoms with Gasteiger partial charge in [-0.1, -0.05) is 12.1 Å². The van der Waals surface area contributed by atoms with Crippen LogP contribution in [-0.4, -0.2) is 24.3 Å². The van der Waals surface area contributed by atoms with Crippen LogP contribution in [0.5, 0.6) is 11.6 Å². The first-order valence-corrected chi connectivity index (χ1v) is 8.80. The van der Waals surface area contributed by atoms with Gasteiger partial charge in [0.15, 0.2) is 0 Å². The molecule has 0 unspecified atom stereocenters. The summed E-state index contributed by atoms with van der Waals surface area (Å²) < 4.78 is 7.78. The molecule has 0 aliphatic heterocycles. The summed E-state index contributed by atoms with van der Waals surface area (Å²) in [5, 5.41) is 4.34. The fourth-order valence-electron chi connectivity index (χ4n) is 3.05. The summed E-state index contributed by atoms with van der Waals surface area (Å²) >= 11 is 0. The summed E-state index contributed by atoms with van der Waals surface area (Å²) in [6.07, 6.45) is 6.81. The zero-order chi connectivity index (χ0) is 18.9. The van der Waals surface area contributed by atoms with Gasteiger partial charge in [-0.25, -0.2) is 19.9 Å². The molecule has 0 aliphatic rings. The molecule has 0 atom stereocenters. The zero-order valence-corrected chi connectivity index (χ0v) is 15.1. The number of rotatable bonds is 4. The Hall–Kier alpha value is -4.00. The second kappa shape index (κ2) is 6.62. The van der Waals surface area contributed by atoms with E-state index in [9.17, 15) is 0 Å². The maximum Gasteiger partial charge on any atom is 0.224 e. The third-order valence-electron chi connectivity index (χ3n) is 4.46. The van der Waals surface area contributed by atoms with Crippen molar-refractivity contribution in [1.82, 2.24) is 24.3 Å². The number of ether oxygens (including phenoxy) is 1. The number of fused-ring (bicyclic) bond motifs is 2. The fourth-order valence-corrected chi connectivity index (χ4v) is 3.05. The Morgan fingerprint density at radius 2 is 1.89 bits per heavy atom. The second-order valence-electron chi connectivity index (χ2n) is 6.37. The van der Waals surface area contributed by atoms with Gasteiger partial charge in [0.1, 0.15) is 29.9 Å². The maximum absolute atomic E-state index is 5.94. The van der Waals surface area contributed by atoms with Crippen molar-refractivity contribution in [3.63, 3.8) is 0 Å². The molecule has 0 aliphatic carbocycles. The minimum absolute atomic E-state index is 0.504. The molecule has 2 aromatic carbocycles. The molecule has 136 valence electrons. The summed E-state index contributed by atoms with van der Waals surface area (Å²) in [5.74, 6) is 2.01. The third-order valence-corrected chi connectivity index (χ3v) is 4.46. The number of aryl methyl sites for hydroxylation is 1. The molecule has 3 aromatic heterocycles. The first-order chi connectivity index (χ1) is 13.8. The number of anilines is 2. The molecule has 5 rings (SSSR count). The van der Waals surface area contributed by atoms with Crippen molar-refractivity contribution in [2.24, 2.45) is 0 Å². The fraction of sp³-hybridized carbons (Fsp3) is 0.0476. The van der Waals surface area contributed by atoms with Crippen LogP contribution in [0.2, 0.25) is 0 Å². The summed E-state index contributed by atoms with van der Waals surface area (Å²) in [5.41, 5.74) is 3.59. The first-order valence-electron chi connectivity index (χ1n) is 8.80. The number of imidazole rings is 1. The Morgan fingerprint density at radius 1 is 0.964 bits per heavy atom. The van der Waals surface area contributed by atoms with Crippen LogP contribution in [0.25, 0.3) is 16.6 Å². The van der Waals surface area contributed by atoms with Crippen LogP contribution in [0.4, 0.5) is 11.5 Å². The molecule has 0 amide bonds. The van der Waals surface area contributed by atoms with E-state index in [1.807, 2.05) is 60.0 Å². The van der Waals surface area contributed by atoms with Crippen molar-refractivity contribution in [2.75, 3.05) is 5.32 Å². The molecule has 0 spiro atoms. The zero-order valence-electron chi connectivity index (χ0n) is 15.1. The number of nitrogens with one attached hydrogen (secondary N) is 1. The minimum Gasteiger partial charge on any atom is -0.439 e. The van der Waals surface area contributed by atoms with Crippen molar-refractivity contribution in [1.29, 1.82) is 0 Å². The Kier molecular flexibility index (Phi) is 3.83. The number of nitrogens with zero attached hydrogens (tertiary/aromatic N) is 5. The lowest BCUT2D eigenvalue weighted by Crippen LogP contribution is -1.97. The second-order valence-corrected chi connectivity index (χ2v) is 6.37. The van der Waals surface area contributed by atoms with E-state index in [-0.39, 0.29) is 0 Å². The van der Waals surface area contributed by atoms with Crippen LogP contribution in [0.1, 0.15) is 5.56 Å². The Bertz CT molecular complexity index is 1290. The van der Waals surface area contributed by atoms with E-state index in [1.165, 1.54) is 0 Å². The average molecular weight is 368 g/mol. The number of aromatic nitrogens is 5. The van der Waals surface area contributed by atoms with Crippen molar-refractivity contribution in [2.45, 2.75) is 6.92 Å². The summed E-state index contributed by atoms with van der Waals surface area (Å²) in [4.78, 5) is 17.2. The maximum atomic E-state index is 5.94. The first kappa shape index (κ1) is 16.2. The third kappa shape index (κ3) is 2.99. The predicted molar refractivity (Wildman–Crippen MR) is 107 cm³/mol. The van der Waals surface area contributed by atoms with Gasteiger partial charge < -0.3 is 10.1 Å². The minimum atomic E-state index is 0.504. The summed E-state index contributed by atoms with van der Waals surface area (Å²) in [7, 11) is 0. The normalized spacial score (nSPS) is 11.0. The Morgan fingerprint density at radius 3 is 2.82 bits per heavy atom. The molecule has 1 N–H and O–H groups in total. The van der Waals surface area contributed by atoms with Gasteiger partial charge >= 0.3 is 0 Å². The van der Waals surface area contributed by atoms with Crippen LogP contribution in [0.15, 0.2) is 73.6 Å². The van der Waals surface area contributed by atoms with Crippen molar-refractivity contribution in [3.05, 3.63) is 79.1 Å². The largest absolute Gasteiger partial charge is 0.439 e. The van der Waals surface area contributed by atoms with Crippen LogP contribution < -0.4 is 10.1 Å². The molecule has 28 heavy (non-hydrogen) atoms. The van der Waals surface area contributed by atoms with Crippen LogP contribution in [-0.2, 0) is 0 Å². The highest BCUT2D eigenvalue weighted by molar-refractivity contribution is 5.90. The van der Waals surface area contributed by atoms with Gasteiger partial charge in [0.25, 0.3) is 0 Å². The van der Waals surface area contributed by atoms with E-state index >= 15 is 0 Å². The van der Waals surface area contributed by atoms with E-state index in [4.69, 9.17) is 4.74 Å². The molecule has 0 bridgehead atoms. The molecule has 0 saturated heterocycles. The molecule has 0 fully saturated rings. The van der Waals surface area contributed by atoms with Gasteiger partial charge in [0.2, 0.25) is 5.88 Å². The lowest BCUT2D eigenvalue weighted by molar-refractivity contribution is 0.458. The van der Waals surface area contributed by atoms with Gasteiger partial charge in [0, 0.05) is 29.5 Å². The lowest BCUT2D eigenvalue weighted by atomic mass is 10.2. The van der Waals surface area contributed by atoms with E-state index in [2.05, 4.69) is 25.3 Å². The summed E-state index contributed by atoms with van der Waals surface area (Å²) in [6.45, 7) is 1.99. The monoisotopic (exact) mass is 368 g/mol.